The van der Waals surface area contributed by atoms with E-state index in [1.165, 1.54) is 0 Å². The third-order valence-corrected chi connectivity index (χ3v) is 3.33. The maximum Gasteiger partial charge on any atom is 0.226 e. The maximum atomic E-state index is 5.66. The molecule has 0 amide bonds. The number of rotatable bonds is 5. The van der Waals surface area contributed by atoms with Gasteiger partial charge in [-0.15, -0.1) is 0 Å². The largest absolute Gasteiger partial charge is 0.367 e. The van der Waals surface area contributed by atoms with E-state index in [4.69, 9.17) is 9.26 Å². The van der Waals surface area contributed by atoms with Crippen molar-refractivity contribution in [3.63, 3.8) is 0 Å². The summed E-state index contributed by atoms with van der Waals surface area (Å²) in [4.78, 5) is 6.63. The van der Waals surface area contributed by atoms with Gasteiger partial charge in [-0.1, -0.05) is 5.16 Å². The van der Waals surface area contributed by atoms with Gasteiger partial charge in [0.1, 0.15) is 6.10 Å². The van der Waals surface area contributed by atoms with Crippen LogP contribution in [0.5, 0.6) is 0 Å². The molecule has 2 unspecified atom stereocenters. The number of aromatic nitrogens is 2. The van der Waals surface area contributed by atoms with Gasteiger partial charge in [-0.25, -0.2) is 0 Å². The molecule has 1 aliphatic rings. The number of ether oxygens (including phenoxy) is 1. The quantitative estimate of drug-likeness (QED) is 0.831. The van der Waals surface area contributed by atoms with Crippen LogP contribution in [0.15, 0.2) is 4.52 Å². The Bertz CT molecular complexity index is 369. The molecule has 0 aromatic carbocycles. The Morgan fingerprint density at radius 1 is 1.56 bits per heavy atom. The van der Waals surface area contributed by atoms with Gasteiger partial charge in [-0.2, -0.15) is 4.98 Å². The number of likely N-dealkylation sites (N-methyl/N-ethyl adjacent to an activating group) is 1. The summed E-state index contributed by atoms with van der Waals surface area (Å²) in [7, 11) is 4.03. The third-order valence-electron chi connectivity index (χ3n) is 3.33. The highest BCUT2D eigenvalue weighted by Crippen LogP contribution is 2.19. The van der Waals surface area contributed by atoms with Crippen LogP contribution < -0.4 is 5.32 Å². The van der Waals surface area contributed by atoms with Crippen molar-refractivity contribution in [3.05, 3.63) is 11.7 Å². The van der Waals surface area contributed by atoms with E-state index in [-0.39, 0.29) is 6.10 Å². The number of nitrogens with one attached hydrogen (secondary N) is 1. The summed E-state index contributed by atoms with van der Waals surface area (Å²) in [6, 6.07) is 0.456. The molecule has 102 valence electrons. The van der Waals surface area contributed by atoms with Crippen LogP contribution >= 0.6 is 0 Å². The number of nitrogens with zero attached hydrogens (tertiary/aromatic N) is 3. The Morgan fingerprint density at radius 3 is 3.11 bits per heavy atom. The third kappa shape index (κ3) is 3.51. The maximum absolute atomic E-state index is 5.66. The number of hydrogen-bond acceptors (Lipinski definition) is 6. The van der Waals surface area contributed by atoms with E-state index in [2.05, 4.69) is 34.3 Å². The van der Waals surface area contributed by atoms with Crippen molar-refractivity contribution < 1.29 is 9.26 Å². The predicted octanol–water partition coefficient (Wildman–Crippen LogP) is 0.613. The fraction of sp³-hybridized carbons (Fsp3) is 0.833. The Kier molecular flexibility index (Phi) is 4.68. The van der Waals surface area contributed by atoms with Crippen molar-refractivity contribution in [2.24, 2.45) is 0 Å². The first-order valence-electron chi connectivity index (χ1n) is 6.49. The van der Waals surface area contributed by atoms with E-state index in [1.807, 2.05) is 7.05 Å². The molecular formula is C12H22N4O2. The predicted molar refractivity (Wildman–Crippen MR) is 67.3 cm³/mol. The molecular weight excluding hydrogens is 232 g/mol. The average Bonchev–Trinajstić information content (AvgIpc) is 2.84. The molecule has 2 rings (SSSR count). The Labute approximate surface area is 108 Å². The second kappa shape index (κ2) is 6.26. The molecule has 6 heteroatoms. The number of morpholine rings is 1. The van der Waals surface area contributed by atoms with Gasteiger partial charge < -0.3 is 19.5 Å². The molecule has 2 atom stereocenters. The number of hydrogen-bond donors (Lipinski definition) is 1. The van der Waals surface area contributed by atoms with Crippen LogP contribution in [0.4, 0.5) is 0 Å². The van der Waals surface area contributed by atoms with Crippen LogP contribution in [0.1, 0.15) is 31.2 Å². The summed E-state index contributed by atoms with van der Waals surface area (Å²) in [6.07, 6.45) is 1.74. The zero-order valence-electron chi connectivity index (χ0n) is 11.3. The normalized spacial score (nSPS) is 23.2. The fourth-order valence-corrected chi connectivity index (χ4v) is 1.92. The van der Waals surface area contributed by atoms with E-state index in [1.54, 1.807) is 0 Å². The molecule has 1 N–H and O–H groups in total. The summed E-state index contributed by atoms with van der Waals surface area (Å²) in [5, 5.41) is 7.21. The topological polar surface area (TPSA) is 63.4 Å². The van der Waals surface area contributed by atoms with Crippen LogP contribution in [0.2, 0.25) is 0 Å². The van der Waals surface area contributed by atoms with Gasteiger partial charge in [0.15, 0.2) is 0 Å². The second-order valence-electron chi connectivity index (χ2n) is 4.90. The van der Waals surface area contributed by atoms with E-state index >= 15 is 0 Å². The average molecular weight is 254 g/mol. The molecule has 1 aromatic heterocycles. The fourth-order valence-electron chi connectivity index (χ4n) is 1.92. The highest BCUT2D eigenvalue weighted by Gasteiger charge is 2.24. The molecule has 1 aliphatic heterocycles. The van der Waals surface area contributed by atoms with Crippen LogP contribution in [-0.2, 0) is 11.2 Å². The van der Waals surface area contributed by atoms with Gasteiger partial charge in [0.25, 0.3) is 0 Å². The summed E-state index contributed by atoms with van der Waals surface area (Å²) in [5.74, 6) is 1.37. The lowest BCUT2D eigenvalue weighted by Crippen LogP contribution is -2.35. The molecule has 1 aromatic rings. The molecule has 6 nitrogen and oxygen atoms in total. The van der Waals surface area contributed by atoms with Crippen molar-refractivity contribution in [3.8, 4) is 0 Å². The van der Waals surface area contributed by atoms with Gasteiger partial charge in [-0.3, -0.25) is 0 Å². The molecule has 1 fully saturated rings. The standard InChI is InChI=1S/C12H22N4O2/c1-9(13-2)4-5-11-14-12(15-18-11)10-8-16(3)6-7-17-10/h9-10,13H,4-8H2,1-3H3. The van der Waals surface area contributed by atoms with Crippen LogP contribution in [0.25, 0.3) is 0 Å². The van der Waals surface area contributed by atoms with Crippen LogP contribution in [0.3, 0.4) is 0 Å². The van der Waals surface area contributed by atoms with E-state index in [0.29, 0.717) is 17.8 Å². The van der Waals surface area contributed by atoms with E-state index < -0.39 is 0 Å². The minimum Gasteiger partial charge on any atom is -0.367 e. The first-order valence-corrected chi connectivity index (χ1v) is 6.49. The summed E-state index contributed by atoms with van der Waals surface area (Å²) < 4.78 is 10.9. The zero-order valence-corrected chi connectivity index (χ0v) is 11.3. The molecule has 18 heavy (non-hydrogen) atoms. The Morgan fingerprint density at radius 2 is 2.39 bits per heavy atom. The van der Waals surface area contributed by atoms with Crippen molar-refractivity contribution in [2.75, 3.05) is 33.8 Å². The second-order valence-corrected chi connectivity index (χ2v) is 4.90. The van der Waals surface area contributed by atoms with Gasteiger partial charge >= 0.3 is 0 Å². The van der Waals surface area contributed by atoms with Crippen molar-refractivity contribution >= 4 is 0 Å². The van der Waals surface area contributed by atoms with Gasteiger partial charge in [0, 0.05) is 25.6 Å². The van der Waals surface area contributed by atoms with E-state index in [9.17, 15) is 0 Å². The zero-order chi connectivity index (χ0) is 13.0. The van der Waals surface area contributed by atoms with E-state index in [0.717, 1.165) is 32.5 Å². The minimum atomic E-state index is -0.0528. The molecule has 0 saturated carbocycles. The van der Waals surface area contributed by atoms with Crippen molar-refractivity contribution in [1.29, 1.82) is 0 Å². The summed E-state index contributed by atoms with van der Waals surface area (Å²) in [5.41, 5.74) is 0. The molecule has 0 aliphatic carbocycles. The highest BCUT2D eigenvalue weighted by atomic mass is 16.5. The molecule has 1 saturated heterocycles. The smallest absolute Gasteiger partial charge is 0.226 e. The lowest BCUT2D eigenvalue weighted by Gasteiger charge is -2.27. The molecule has 0 spiro atoms. The lowest BCUT2D eigenvalue weighted by molar-refractivity contribution is -0.0264. The SMILES string of the molecule is CNC(C)CCc1nc(C2CN(C)CCO2)no1. The highest BCUT2D eigenvalue weighted by molar-refractivity contribution is 4.94. The van der Waals surface area contributed by atoms with Gasteiger partial charge in [0.05, 0.1) is 6.61 Å². The lowest BCUT2D eigenvalue weighted by atomic mass is 10.2. The summed E-state index contributed by atoms with van der Waals surface area (Å²) >= 11 is 0. The van der Waals surface area contributed by atoms with Crippen molar-refractivity contribution in [2.45, 2.75) is 31.9 Å². The van der Waals surface area contributed by atoms with Crippen LogP contribution in [0, 0.1) is 0 Å². The Balaban J connectivity index is 1.89. The number of aryl methyl sites for hydroxylation is 1. The van der Waals surface area contributed by atoms with Gasteiger partial charge in [-0.05, 0) is 27.4 Å². The molecule has 0 radical (unpaired) electrons. The van der Waals surface area contributed by atoms with Gasteiger partial charge in [0.2, 0.25) is 11.7 Å². The molecule has 0 bridgehead atoms. The Hall–Kier alpha value is -0.980. The first kappa shape index (κ1) is 13.5. The van der Waals surface area contributed by atoms with Crippen molar-refractivity contribution in [1.82, 2.24) is 20.4 Å². The monoisotopic (exact) mass is 254 g/mol. The first-order chi connectivity index (χ1) is 8.69. The van der Waals surface area contributed by atoms with Crippen LogP contribution in [-0.4, -0.2) is 54.9 Å². The minimum absolute atomic E-state index is 0.0528. The summed E-state index contributed by atoms with van der Waals surface area (Å²) in [6.45, 7) is 4.64. The molecule has 2 heterocycles.